The third-order valence-corrected chi connectivity index (χ3v) is 6.07. The minimum absolute atomic E-state index is 0.236. The van der Waals surface area contributed by atoms with Crippen LogP contribution in [0.15, 0.2) is 18.2 Å². The van der Waals surface area contributed by atoms with Crippen molar-refractivity contribution in [2.24, 2.45) is 23.2 Å². The maximum Gasteiger partial charge on any atom is 0.338 e. The van der Waals surface area contributed by atoms with Gasteiger partial charge in [-0.05, 0) is 87.0 Å². The Kier molecular flexibility index (Phi) is 3.28. The van der Waals surface area contributed by atoms with E-state index in [0.29, 0.717) is 17.7 Å². The summed E-state index contributed by atoms with van der Waals surface area (Å²) in [6.45, 7) is 2.22. The summed E-state index contributed by atoms with van der Waals surface area (Å²) in [6, 6.07) is 4.44. The molecular weight excluding hydrogens is 279 g/mol. The zero-order chi connectivity index (χ0) is 15.3. The molecule has 2 nitrogen and oxygen atoms in total. The fourth-order valence-electron chi connectivity index (χ4n) is 5.54. The van der Waals surface area contributed by atoms with Gasteiger partial charge in [0.15, 0.2) is 0 Å². The predicted molar refractivity (Wildman–Crippen MR) is 82.0 cm³/mol. The Morgan fingerprint density at radius 3 is 2.32 bits per heavy atom. The zero-order valence-corrected chi connectivity index (χ0v) is 13.1. The molecule has 1 aromatic carbocycles. The average Bonchev–Trinajstić information content (AvgIpc) is 2.46. The first kappa shape index (κ1) is 14.2. The van der Waals surface area contributed by atoms with E-state index in [9.17, 15) is 9.18 Å². The Hall–Kier alpha value is -1.38. The minimum atomic E-state index is -0.307. The van der Waals surface area contributed by atoms with Gasteiger partial charge in [-0.25, -0.2) is 9.18 Å². The molecule has 0 atom stereocenters. The number of rotatable bonds is 3. The molecule has 0 N–H and O–H groups in total. The van der Waals surface area contributed by atoms with E-state index in [-0.39, 0.29) is 17.2 Å². The van der Waals surface area contributed by atoms with E-state index in [1.807, 2.05) is 0 Å². The van der Waals surface area contributed by atoms with Crippen LogP contribution in [-0.4, -0.2) is 12.6 Å². The number of carbonyl (C=O) groups excluding carboxylic acids is 1. The molecule has 0 spiro atoms. The van der Waals surface area contributed by atoms with Crippen molar-refractivity contribution in [2.45, 2.75) is 45.4 Å². The molecule has 0 saturated heterocycles. The number of ether oxygens (including phenoxy) is 1. The molecule has 0 aromatic heterocycles. The molecule has 0 amide bonds. The molecule has 4 bridgehead atoms. The largest absolute Gasteiger partial charge is 0.462 e. The van der Waals surface area contributed by atoms with Gasteiger partial charge in [0.25, 0.3) is 0 Å². The molecule has 4 fully saturated rings. The molecule has 0 aliphatic heterocycles. The van der Waals surface area contributed by atoms with E-state index in [4.69, 9.17) is 4.74 Å². The van der Waals surface area contributed by atoms with Crippen molar-refractivity contribution in [1.29, 1.82) is 0 Å². The lowest BCUT2D eigenvalue weighted by atomic mass is 9.50. The fraction of sp³-hybridized carbons (Fsp3) is 0.632. The van der Waals surface area contributed by atoms with Gasteiger partial charge < -0.3 is 4.74 Å². The van der Waals surface area contributed by atoms with Gasteiger partial charge in [-0.2, -0.15) is 0 Å². The van der Waals surface area contributed by atoms with Gasteiger partial charge in [0.2, 0.25) is 0 Å². The number of carbonyl (C=O) groups is 1. The quantitative estimate of drug-likeness (QED) is 0.768. The highest BCUT2D eigenvalue weighted by molar-refractivity contribution is 5.89. The highest BCUT2D eigenvalue weighted by Gasteiger charge is 2.51. The SMILES string of the molecule is Cc1cc(C(=O)OCC23CC4CC(CC(C4)C2)C3)ccc1F. The Bertz CT molecular complexity index is 572. The van der Waals surface area contributed by atoms with Gasteiger partial charge in [0, 0.05) is 5.41 Å². The van der Waals surface area contributed by atoms with Crippen LogP contribution in [0.25, 0.3) is 0 Å². The van der Waals surface area contributed by atoms with Crippen molar-refractivity contribution in [3.05, 3.63) is 35.1 Å². The Balaban J connectivity index is 1.44. The molecule has 3 heteroatoms. The third kappa shape index (κ3) is 2.45. The van der Waals surface area contributed by atoms with E-state index in [0.717, 1.165) is 17.8 Å². The van der Waals surface area contributed by atoms with Gasteiger partial charge in [-0.1, -0.05) is 0 Å². The zero-order valence-electron chi connectivity index (χ0n) is 13.1. The monoisotopic (exact) mass is 302 g/mol. The standard InChI is InChI=1S/C19H23FO2/c1-12-4-16(2-3-17(12)20)18(21)22-11-19-8-13-5-14(9-19)7-15(6-13)10-19/h2-4,13-15H,5-11H2,1H3. The van der Waals surface area contributed by atoms with Gasteiger partial charge in [-0.3, -0.25) is 0 Å². The van der Waals surface area contributed by atoms with Crippen molar-refractivity contribution in [2.75, 3.05) is 6.61 Å². The lowest BCUT2D eigenvalue weighted by Crippen LogP contribution is -2.48. The van der Waals surface area contributed by atoms with Gasteiger partial charge in [-0.15, -0.1) is 0 Å². The van der Waals surface area contributed by atoms with E-state index >= 15 is 0 Å². The number of hydrogen-bond donors (Lipinski definition) is 0. The summed E-state index contributed by atoms with van der Waals surface area (Å²) >= 11 is 0. The molecule has 4 aliphatic rings. The first-order chi connectivity index (χ1) is 10.5. The second kappa shape index (κ2) is 5.07. The highest BCUT2D eigenvalue weighted by atomic mass is 19.1. The van der Waals surface area contributed by atoms with Gasteiger partial charge in [0.1, 0.15) is 5.82 Å². The topological polar surface area (TPSA) is 26.3 Å². The first-order valence-corrected chi connectivity index (χ1v) is 8.46. The number of halogens is 1. The fourth-order valence-corrected chi connectivity index (χ4v) is 5.54. The molecule has 0 unspecified atom stereocenters. The summed E-state index contributed by atoms with van der Waals surface area (Å²) in [7, 11) is 0. The van der Waals surface area contributed by atoms with Crippen LogP contribution in [0.1, 0.15) is 54.4 Å². The Labute approximate surface area is 131 Å². The summed E-state index contributed by atoms with van der Waals surface area (Å²) in [5.74, 6) is 1.99. The molecule has 0 radical (unpaired) electrons. The van der Waals surface area contributed by atoms with Crippen LogP contribution in [0, 0.1) is 35.9 Å². The second-order valence-electron chi connectivity index (χ2n) is 7.96. The summed E-state index contributed by atoms with van der Waals surface area (Å²) in [6.07, 6.45) is 7.87. The molecule has 0 heterocycles. The summed E-state index contributed by atoms with van der Waals surface area (Å²) in [5, 5.41) is 0. The summed E-state index contributed by atoms with van der Waals surface area (Å²) < 4.78 is 18.9. The molecular formula is C19H23FO2. The maximum absolute atomic E-state index is 13.3. The molecule has 5 rings (SSSR count). The van der Waals surface area contributed by atoms with Crippen molar-refractivity contribution in [3.8, 4) is 0 Å². The molecule has 4 aliphatic carbocycles. The van der Waals surface area contributed by atoms with Crippen LogP contribution in [0.4, 0.5) is 4.39 Å². The van der Waals surface area contributed by atoms with Crippen LogP contribution < -0.4 is 0 Å². The van der Waals surface area contributed by atoms with Crippen LogP contribution in [-0.2, 0) is 4.74 Å². The van der Waals surface area contributed by atoms with Crippen LogP contribution in [0.2, 0.25) is 0 Å². The number of aryl methyl sites for hydroxylation is 1. The summed E-state index contributed by atoms with van der Waals surface area (Å²) in [4.78, 5) is 12.3. The maximum atomic E-state index is 13.3. The van der Waals surface area contributed by atoms with E-state index in [1.54, 1.807) is 13.0 Å². The van der Waals surface area contributed by atoms with Gasteiger partial charge in [0.05, 0.1) is 12.2 Å². The lowest BCUT2D eigenvalue weighted by Gasteiger charge is -2.56. The third-order valence-electron chi connectivity index (χ3n) is 6.07. The van der Waals surface area contributed by atoms with Crippen LogP contribution in [0.5, 0.6) is 0 Å². The second-order valence-corrected chi connectivity index (χ2v) is 7.96. The molecule has 4 saturated carbocycles. The number of benzene rings is 1. The highest BCUT2D eigenvalue weighted by Crippen LogP contribution is 2.60. The number of hydrogen-bond acceptors (Lipinski definition) is 2. The minimum Gasteiger partial charge on any atom is -0.462 e. The molecule has 1 aromatic rings. The number of esters is 1. The Morgan fingerprint density at radius 1 is 1.18 bits per heavy atom. The normalized spacial score (nSPS) is 35.6. The van der Waals surface area contributed by atoms with E-state index in [1.165, 1.54) is 50.7 Å². The van der Waals surface area contributed by atoms with Crippen molar-refractivity contribution >= 4 is 5.97 Å². The summed E-state index contributed by atoms with van der Waals surface area (Å²) in [5.41, 5.74) is 1.19. The van der Waals surface area contributed by atoms with Crippen molar-refractivity contribution in [1.82, 2.24) is 0 Å². The average molecular weight is 302 g/mol. The smallest absolute Gasteiger partial charge is 0.338 e. The Morgan fingerprint density at radius 2 is 1.77 bits per heavy atom. The molecule has 22 heavy (non-hydrogen) atoms. The lowest BCUT2D eigenvalue weighted by molar-refractivity contribution is -0.0848. The predicted octanol–water partition coefficient (Wildman–Crippen LogP) is 4.51. The van der Waals surface area contributed by atoms with Crippen LogP contribution >= 0.6 is 0 Å². The first-order valence-electron chi connectivity index (χ1n) is 8.46. The van der Waals surface area contributed by atoms with E-state index in [2.05, 4.69) is 0 Å². The van der Waals surface area contributed by atoms with Crippen molar-refractivity contribution < 1.29 is 13.9 Å². The van der Waals surface area contributed by atoms with Crippen LogP contribution in [0.3, 0.4) is 0 Å². The molecule has 118 valence electrons. The van der Waals surface area contributed by atoms with E-state index < -0.39 is 0 Å². The van der Waals surface area contributed by atoms with Gasteiger partial charge >= 0.3 is 5.97 Å². The van der Waals surface area contributed by atoms with Crippen molar-refractivity contribution in [3.63, 3.8) is 0 Å².